The fourth-order valence-electron chi connectivity index (χ4n) is 3.90. The van der Waals surface area contributed by atoms with Crippen LogP contribution in [0.25, 0.3) is 0 Å². The minimum atomic E-state index is -0.785. The van der Waals surface area contributed by atoms with Gasteiger partial charge in [0.25, 0.3) is 5.91 Å². The summed E-state index contributed by atoms with van der Waals surface area (Å²) in [6, 6.07) is -1.13. The maximum Gasteiger partial charge on any atom is 0.251 e. The molecular weight excluding hydrogens is 544 g/mol. The number of fused-ring (bicyclic) bond motifs is 1. The number of nitrogens with one attached hydrogen (secondary N) is 4. The first-order valence-corrected chi connectivity index (χ1v) is 14.7. The van der Waals surface area contributed by atoms with Gasteiger partial charge in [-0.1, -0.05) is 87.3 Å². The van der Waals surface area contributed by atoms with Crippen molar-refractivity contribution >= 4 is 29.5 Å². The molecule has 2 rings (SSSR count). The van der Waals surface area contributed by atoms with E-state index in [1.165, 1.54) is 0 Å². The molecule has 3 atom stereocenters. The van der Waals surface area contributed by atoms with Crippen LogP contribution < -0.4 is 21.3 Å². The molecule has 3 unspecified atom stereocenters. The SMILES string of the molecule is C.CC/C=C\C/C=C\C/C=C\C/C=C\C/C=C\C/C=C\CCC(=O)NCC(=O)NC1=NC2=NCC(C(C)O)NC2C(=O)N1. The number of rotatable bonds is 17. The molecule has 2 heterocycles. The van der Waals surface area contributed by atoms with Crippen LogP contribution in [0.1, 0.15) is 72.6 Å². The lowest BCUT2D eigenvalue weighted by molar-refractivity contribution is -0.125. The smallest absolute Gasteiger partial charge is 0.251 e. The summed E-state index contributed by atoms with van der Waals surface area (Å²) in [5, 5.41) is 20.2. The van der Waals surface area contributed by atoms with E-state index in [-0.39, 0.29) is 50.7 Å². The number of hydrogen-bond acceptors (Lipinski definition) is 7. The van der Waals surface area contributed by atoms with Crippen LogP contribution in [0.2, 0.25) is 0 Å². The standard InChI is InChI=1S/C32H46N6O4.CH4/c1-3-4-5-6-7-8-9-10-11-12-13-14-15-16-17-18-19-20-21-22-27(40)33-24-28(41)36-32-37-30-29(31(42)38-32)35-26(23-34-30)25(2)39;/h4-5,7-8,10-11,13-14,16-17,19-20,25-26,29,35,39H,3,6,9,12,15,18,21-24H2,1-2H3,(H,33,40)(H2,34,36,37,38,41,42);1H4/b5-4-,8-7-,11-10-,14-13-,17-16-,20-19-;. The Balaban J connectivity index is 0.00000924. The normalized spacial score (nSPS) is 19.6. The van der Waals surface area contributed by atoms with E-state index in [9.17, 15) is 19.5 Å². The Hall–Kier alpha value is -3.89. The van der Waals surface area contributed by atoms with Gasteiger partial charge in [0, 0.05) is 6.42 Å². The van der Waals surface area contributed by atoms with Crippen LogP contribution in [0.5, 0.6) is 0 Å². The first-order chi connectivity index (χ1) is 20.4. The van der Waals surface area contributed by atoms with Gasteiger partial charge in [-0.25, -0.2) is 0 Å². The molecule has 2 aliphatic heterocycles. The molecule has 0 spiro atoms. The van der Waals surface area contributed by atoms with Crippen molar-refractivity contribution in [3.63, 3.8) is 0 Å². The molecule has 0 saturated carbocycles. The fraction of sp³-hybridized carbons (Fsp3) is 0.485. The van der Waals surface area contributed by atoms with Crippen LogP contribution in [0, 0.1) is 0 Å². The van der Waals surface area contributed by atoms with E-state index >= 15 is 0 Å². The first kappa shape index (κ1) is 37.1. The molecule has 0 aliphatic carbocycles. The average Bonchev–Trinajstić information content (AvgIpc) is 2.97. The van der Waals surface area contributed by atoms with Crippen LogP contribution in [-0.2, 0) is 14.4 Å². The zero-order valence-electron chi connectivity index (χ0n) is 24.8. The van der Waals surface area contributed by atoms with Gasteiger partial charge in [-0.2, -0.15) is 4.99 Å². The Bertz CT molecular complexity index is 1110. The molecule has 10 heteroatoms. The van der Waals surface area contributed by atoms with Gasteiger partial charge in [0.2, 0.25) is 17.8 Å². The molecule has 10 nitrogen and oxygen atoms in total. The van der Waals surface area contributed by atoms with Crippen LogP contribution in [0.3, 0.4) is 0 Å². The summed E-state index contributed by atoms with van der Waals surface area (Å²) in [4.78, 5) is 45.0. The number of aliphatic imine (C=N–C) groups is 2. The highest BCUT2D eigenvalue weighted by atomic mass is 16.3. The molecule has 0 aromatic carbocycles. The molecule has 0 aromatic heterocycles. The molecule has 0 fully saturated rings. The fourth-order valence-corrected chi connectivity index (χ4v) is 3.90. The lowest BCUT2D eigenvalue weighted by atomic mass is 10.1. The van der Waals surface area contributed by atoms with Crippen molar-refractivity contribution < 1.29 is 19.5 Å². The van der Waals surface area contributed by atoms with Crippen molar-refractivity contribution in [2.45, 2.75) is 90.8 Å². The Labute approximate surface area is 257 Å². The van der Waals surface area contributed by atoms with Crippen molar-refractivity contribution in [2.75, 3.05) is 13.1 Å². The molecule has 5 N–H and O–H groups in total. The van der Waals surface area contributed by atoms with Crippen LogP contribution in [0.4, 0.5) is 0 Å². The maximum atomic E-state index is 12.3. The van der Waals surface area contributed by atoms with Crippen LogP contribution in [0.15, 0.2) is 82.9 Å². The molecule has 2 aliphatic rings. The number of carbonyl (C=O) groups excluding carboxylic acids is 3. The molecule has 43 heavy (non-hydrogen) atoms. The summed E-state index contributed by atoms with van der Waals surface area (Å²) in [6.45, 7) is 3.79. The predicted octanol–water partition coefficient (Wildman–Crippen LogP) is 3.94. The minimum Gasteiger partial charge on any atom is -0.392 e. The Morgan fingerprint density at radius 3 is 1.98 bits per heavy atom. The first-order valence-electron chi connectivity index (χ1n) is 14.7. The van der Waals surface area contributed by atoms with Gasteiger partial charge in [0.15, 0.2) is 5.84 Å². The van der Waals surface area contributed by atoms with Crippen molar-refractivity contribution in [3.8, 4) is 0 Å². The largest absolute Gasteiger partial charge is 0.392 e. The van der Waals surface area contributed by atoms with Crippen molar-refractivity contribution in [2.24, 2.45) is 9.98 Å². The topological polar surface area (TPSA) is 144 Å². The summed E-state index contributed by atoms with van der Waals surface area (Å²) >= 11 is 0. The highest BCUT2D eigenvalue weighted by Gasteiger charge is 2.36. The van der Waals surface area contributed by atoms with Gasteiger partial charge < -0.3 is 10.4 Å². The van der Waals surface area contributed by atoms with E-state index in [0.29, 0.717) is 6.42 Å². The predicted molar refractivity (Wildman–Crippen MR) is 176 cm³/mol. The molecule has 3 amide bonds. The summed E-state index contributed by atoms with van der Waals surface area (Å²) in [6.07, 6.45) is 31.4. The molecule has 236 valence electrons. The number of aliphatic hydroxyl groups excluding tert-OH is 1. The number of guanidine groups is 1. The number of carbonyl (C=O) groups is 3. The van der Waals surface area contributed by atoms with Crippen LogP contribution >= 0.6 is 0 Å². The third-order valence-electron chi connectivity index (χ3n) is 6.24. The second-order valence-corrected chi connectivity index (χ2v) is 9.87. The summed E-state index contributed by atoms with van der Waals surface area (Å²) in [5.41, 5.74) is 0. The number of amides is 3. The van der Waals surface area contributed by atoms with E-state index in [4.69, 9.17) is 0 Å². The lowest BCUT2D eigenvalue weighted by Crippen LogP contribution is -2.63. The van der Waals surface area contributed by atoms with Gasteiger partial charge in [-0.05, 0) is 51.9 Å². The van der Waals surface area contributed by atoms with Crippen molar-refractivity contribution in [1.82, 2.24) is 21.3 Å². The van der Waals surface area contributed by atoms with Crippen molar-refractivity contribution in [3.05, 3.63) is 72.9 Å². The molecule has 0 bridgehead atoms. The van der Waals surface area contributed by atoms with Gasteiger partial charge >= 0.3 is 0 Å². The lowest BCUT2D eigenvalue weighted by Gasteiger charge is -2.32. The van der Waals surface area contributed by atoms with Gasteiger partial charge in [-0.15, -0.1) is 0 Å². The second kappa shape index (κ2) is 22.7. The zero-order valence-corrected chi connectivity index (χ0v) is 24.8. The quantitative estimate of drug-likeness (QED) is 0.162. The zero-order chi connectivity index (χ0) is 30.4. The second-order valence-electron chi connectivity index (χ2n) is 9.87. The molecular formula is C33H50N6O4. The number of aliphatic hydroxyl groups is 1. The van der Waals surface area contributed by atoms with Gasteiger partial charge in [0.1, 0.15) is 6.04 Å². The van der Waals surface area contributed by atoms with Gasteiger partial charge in [0.05, 0.1) is 25.2 Å². The van der Waals surface area contributed by atoms with E-state index < -0.39 is 24.0 Å². The number of nitrogens with zero attached hydrogens (tertiary/aromatic N) is 2. The summed E-state index contributed by atoms with van der Waals surface area (Å²) in [7, 11) is 0. The average molecular weight is 595 g/mol. The van der Waals surface area contributed by atoms with Crippen molar-refractivity contribution in [1.29, 1.82) is 0 Å². The monoisotopic (exact) mass is 594 g/mol. The Kier molecular flexibility index (Phi) is 19.6. The van der Waals surface area contributed by atoms with E-state index in [0.717, 1.165) is 38.5 Å². The molecule has 0 radical (unpaired) electrons. The Morgan fingerprint density at radius 1 is 0.907 bits per heavy atom. The Morgan fingerprint density at radius 2 is 1.44 bits per heavy atom. The third kappa shape index (κ3) is 16.4. The number of allylic oxidation sites excluding steroid dienone is 12. The number of hydrogen-bond donors (Lipinski definition) is 5. The van der Waals surface area contributed by atoms with Crippen LogP contribution in [-0.4, -0.2) is 65.9 Å². The molecule has 0 aromatic rings. The van der Waals surface area contributed by atoms with Gasteiger partial charge in [-0.3, -0.25) is 35.3 Å². The third-order valence-corrected chi connectivity index (χ3v) is 6.24. The molecule has 0 saturated heterocycles. The summed E-state index contributed by atoms with van der Waals surface area (Å²) < 4.78 is 0. The minimum absolute atomic E-state index is 0. The van der Waals surface area contributed by atoms with E-state index in [1.54, 1.807) is 6.92 Å². The highest BCUT2D eigenvalue weighted by molar-refractivity contribution is 6.22. The highest BCUT2D eigenvalue weighted by Crippen LogP contribution is 2.09. The maximum absolute atomic E-state index is 12.3. The summed E-state index contributed by atoms with van der Waals surface area (Å²) in [5.74, 6) is -0.980. The van der Waals surface area contributed by atoms with E-state index in [1.807, 2.05) is 12.2 Å². The number of amidine groups is 1. The van der Waals surface area contributed by atoms with E-state index in [2.05, 4.69) is 98.9 Å².